The Balaban J connectivity index is 1.35. The molecule has 2 aromatic rings. The van der Waals surface area contributed by atoms with Crippen molar-refractivity contribution in [2.45, 2.75) is 31.1 Å². The summed E-state index contributed by atoms with van der Waals surface area (Å²) in [5.74, 6) is 2.74. The molecular formula is C19H23N3O4. The molecule has 4 rings (SSSR count). The third-order valence-electron chi connectivity index (χ3n) is 5.22. The van der Waals surface area contributed by atoms with Crippen LogP contribution >= 0.6 is 0 Å². The Kier molecular flexibility index (Phi) is 4.88. The molecule has 0 spiro atoms. The van der Waals surface area contributed by atoms with Crippen LogP contribution in [0.3, 0.4) is 0 Å². The summed E-state index contributed by atoms with van der Waals surface area (Å²) in [6.07, 6.45) is 2.63. The molecule has 3 heterocycles. The van der Waals surface area contributed by atoms with Gasteiger partial charge < -0.3 is 18.9 Å². The molecule has 0 N–H and O–H groups in total. The summed E-state index contributed by atoms with van der Waals surface area (Å²) < 4.78 is 16.0. The molecule has 1 unspecified atom stereocenters. The average molecular weight is 357 g/mol. The van der Waals surface area contributed by atoms with Crippen LogP contribution in [-0.2, 0) is 4.74 Å². The Labute approximate surface area is 152 Å². The molecular weight excluding hydrogens is 334 g/mol. The minimum absolute atomic E-state index is 0.0559. The number of likely N-dealkylation sites (tertiary alicyclic amines) is 1. The van der Waals surface area contributed by atoms with E-state index in [1.165, 1.54) is 0 Å². The summed E-state index contributed by atoms with van der Waals surface area (Å²) in [4.78, 5) is 19.1. The van der Waals surface area contributed by atoms with E-state index in [0.29, 0.717) is 31.2 Å². The highest BCUT2D eigenvalue weighted by Crippen LogP contribution is 2.30. The van der Waals surface area contributed by atoms with E-state index in [0.717, 1.165) is 37.4 Å². The second kappa shape index (κ2) is 7.45. The summed E-state index contributed by atoms with van der Waals surface area (Å²) in [6, 6.07) is 7.24. The largest absolute Gasteiger partial charge is 0.497 e. The van der Waals surface area contributed by atoms with E-state index in [4.69, 9.17) is 14.0 Å². The molecule has 138 valence electrons. The fourth-order valence-electron chi connectivity index (χ4n) is 3.56. The molecule has 1 aromatic heterocycles. The zero-order chi connectivity index (χ0) is 17.9. The number of nitrogens with zero attached hydrogens (tertiary/aromatic N) is 3. The maximum atomic E-state index is 12.6. The molecule has 7 heteroatoms. The number of hydrogen-bond acceptors (Lipinski definition) is 6. The summed E-state index contributed by atoms with van der Waals surface area (Å²) in [5.41, 5.74) is 0.686. The summed E-state index contributed by atoms with van der Waals surface area (Å²) >= 11 is 0. The van der Waals surface area contributed by atoms with Crippen molar-refractivity contribution in [3.8, 4) is 5.75 Å². The lowest BCUT2D eigenvalue weighted by Gasteiger charge is -2.30. The number of rotatable bonds is 4. The molecule has 0 bridgehead atoms. The number of amides is 1. The van der Waals surface area contributed by atoms with E-state index in [2.05, 4.69) is 10.1 Å². The summed E-state index contributed by atoms with van der Waals surface area (Å²) in [6.45, 7) is 2.83. The average Bonchev–Trinajstić information content (AvgIpc) is 3.39. The van der Waals surface area contributed by atoms with Crippen molar-refractivity contribution in [2.75, 3.05) is 33.4 Å². The number of aromatic nitrogens is 2. The zero-order valence-electron chi connectivity index (χ0n) is 14.9. The van der Waals surface area contributed by atoms with E-state index < -0.39 is 0 Å². The van der Waals surface area contributed by atoms with Gasteiger partial charge in [-0.3, -0.25) is 4.79 Å². The topological polar surface area (TPSA) is 77.7 Å². The Morgan fingerprint density at radius 1 is 1.15 bits per heavy atom. The van der Waals surface area contributed by atoms with Gasteiger partial charge in [-0.15, -0.1) is 0 Å². The zero-order valence-corrected chi connectivity index (χ0v) is 14.9. The highest BCUT2D eigenvalue weighted by atomic mass is 16.5. The molecule has 0 aliphatic carbocycles. The van der Waals surface area contributed by atoms with Crippen LogP contribution in [0.25, 0.3) is 0 Å². The lowest BCUT2D eigenvalue weighted by atomic mass is 9.96. The highest BCUT2D eigenvalue weighted by molar-refractivity contribution is 5.94. The van der Waals surface area contributed by atoms with Crippen LogP contribution in [0.15, 0.2) is 28.8 Å². The lowest BCUT2D eigenvalue weighted by molar-refractivity contribution is 0.0704. The number of benzene rings is 1. The second-order valence-electron chi connectivity index (χ2n) is 6.85. The minimum atomic E-state index is 0.0559. The van der Waals surface area contributed by atoms with Crippen LogP contribution in [0.1, 0.15) is 53.2 Å². The minimum Gasteiger partial charge on any atom is -0.497 e. The van der Waals surface area contributed by atoms with Crippen LogP contribution in [0, 0.1) is 0 Å². The summed E-state index contributed by atoms with van der Waals surface area (Å²) in [7, 11) is 1.62. The van der Waals surface area contributed by atoms with E-state index in [1.807, 2.05) is 17.0 Å². The third kappa shape index (κ3) is 3.44. The van der Waals surface area contributed by atoms with Gasteiger partial charge in [0.05, 0.1) is 13.7 Å². The summed E-state index contributed by atoms with van der Waals surface area (Å²) in [5, 5.41) is 4.13. The van der Waals surface area contributed by atoms with Gasteiger partial charge in [-0.2, -0.15) is 4.98 Å². The molecule has 2 aliphatic heterocycles. The molecule has 1 aromatic carbocycles. The van der Waals surface area contributed by atoms with E-state index in [1.54, 1.807) is 19.2 Å². The van der Waals surface area contributed by atoms with E-state index >= 15 is 0 Å². The SMILES string of the molecule is COc1ccc(C(=O)N2CCC(c3nc(C4CCOC4)no3)CC2)cc1. The van der Waals surface area contributed by atoms with Crippen molar-refractivity contribution in [3.05, 3.63) is 41.5 Å². The van der Waals surface area contributed by atoms with Crippen molar-refractivity contribution >= 4 is 5.91 Å². The normalized spacial score (nSPS) is 21.1. The quantitative estimate of drug-likeness (QED) is 0.837. The molecule has 26 heavy (non-hydrogen) atoms. The second-order valence-corrected chi connectivity index (χ2v) is 6.85. The van der Waals surface area contributed by atoms with Crippen LogP contribution in [-0.4, -0.2) is 54.4 Å². The maximum Gasteiger partial charge on any atom is 0.253 e. The lowest BCUT2D eigenvalue weighted by Crippen LogP contribution is -2.38. The Hall–Kier alpha value is -2.41. The van der Waals surface area contributed by atoms with Crippen LogP contribution < -0.4 is 4.74 Å². The van der Waals surface area contributed by atoms with Gasteiger partial charge in [0.15, 0.2) is 5.82 Å². The first-order valence-electron chi connectivity index (χ1n) is 9.09. The molecule has 7 nitrogen and oxygen atoms in total. The first-order chi connectivity index (χ1) is 12.7. The number of hydrogen-bond donors (Lipinski definition) is 0. The predicted octanol–water partition coefficient (Wildman–Crippen LogP) is 2.60. The van der Waals surface area contributed by atoms with Gasteiger partial charge in [-0.25, -0.2) is 0 Å². The van der Waals surface area contributed by atoms with Crippen molar-refractivity contribution in [3.63, 3.8) is 0 Å². The molecule has 2 fully saturated rings. The van der Waals surface area contributed by atoms with Crippen molar-refractivity contribution in [1.29, 1.82) is 0 Å². The van der Waals surface area contributed by atoms with E-state index in [-0.39, 0.29) is 17.7 Å². The molecule has 2 aliphatic rings. The Bertz CT molecular complexity index is 744. The van der Waals surface area contributed by atoms with Crippen LogP contribution in [0.4, 0.5) is 0 Å². The Morgan fingerprint density at radius 2 is 1.92 bits per heavy atom. The number of carbonyl (C=O) groups excluding carboxylic acids is 1. The molecule has 2 saturated heterocycles. The van der Waals surface area contributed by atoms with Crippen LogP contribution in [0.5, 0.6) is 5.75 Å². The standard InChI is InChI=1S/C19H23N3O4/c1-24-16-4-2-14(3-5-16)19(23)22-9-6-13(7-10-22)18-20-17(21-26-18)15-8-11-25-12-15/h2-5,13,15H,6-12H2,1H3. The first kappa shape index (κ1) is 17.0. The van der Waals surface area contributed by atoms with Gasteiger partial charge in [0, 0.05) is 37.1 Å². The fourth-order valence-corrected chi connectivity index (χ4v) is 3.56. The van der Waals surface area contributed by atoms with E-state index in [9.17, 15) is 4.79 Å². The maximum absolute atomic E-state index is 12.6. The van der Waals surface area contributed by atoms with Crippen molar-refractivity contribution in [1.82, 2.24) is 15.0 Å². The van der Waals surface area contributed by atoms with Gasteiger partial charge in [0.2, 0.25) is 5.89 Å². The smallest absolute Gasteiger partial charge is 0.253 e. The third-order valence-corrected chi connectivity index (χ3v) is 5.22. The molecule has 0 radical (unpaired) electrons. The van der Waals surface area contributed by atoms with Crippen LogP contribution in [0.2, 0.25) is 0 Å². The monoisotopic (exact) mass is 357 g/mol. The van der Waals surface area contributed by atoms with Gasteiger partial charge in [-0.05, 0) is 43.5 Å². The fraction of sp³-hybridized carbons (Fsp3) is 0.526. The molecule has 1 atom stereocenters. The highest BCUT2D eigenvalue weighted by Gasteiger charge is 2.30. The van der Waals surface area contributed by atoms with Gasteiger partial charge >= 0.3 is 0 Å². The molecule has 1 amide bonds. The van der Waals surface area contributed by atoms with Crippen molar-refractivity contribution < 1.29 is 18.8 Å². The number of methoxy groups -OCH3 is 1. The van der Waals surface area contributed by atoms with Gasteiger partial charge in [0.25, 0.3) is 5.91 Å². The Morgan fingerprint density at radius 3 is 2.58 bits per heavy atom. The van der Waals surface area contributed by atoms with Gasteiger partial charge in [-0.1, -0.05) is 5.16 Å². The number of piperidine rings is 1. The predicted molar refractivity (Wildman–Crippen MR) is 93.3 cm³/mol. The number of ether oxygens (including phenoxy) is 2. The number of carbonyl (C=O) groups is 1. The van der Waals surface area contributed by atoms with Gasteiger partial charge in [0.1, 0.15) is 5.75 Å². The van der Waals surface area contributed by atoms with Crippen molar-refractivity contribution in [2.24, 2.45) is 0 Å². The first-order valence-corrected chi connectivity index (χ1v) is 9.09. The molecule has 0 saturated carbocycles.